The molecule has 0 bridgehead atoms. The summed E-state index contributed by atoms with van der Waals surface area (Å²) in [4.78, 5) is 24.1. The van der Waals surface area contributed by atoms with Gasteiger partial charge < -0.3 is 10.4 Å². The van der Waals surface area contributed by atoms with Gasteiger partial charge in [0, 0.05) is 17.7 Å². The first-order valence-corrected chi connectivity index (χ1v) is 5.89. The molecule has 0 saturated heterocycles. The molecule has 17 heavy (non-hydrogen) atoms. The number of aliphatic hydroxyl groups excluding tert-OH is 1. The number of hydrogen-bond donors (Lipinski definition) is 2. The van der Waals surface area contributed by atoms with Crippen LogP contribution < -0.4 is 5.32 Å². The van der Waals surface area contributed by atoms with Crippen LogP contribution in [-0.4, -0.2) is 29.8 Å². The molecule has 2 N–H and O–H groups in total. The minimum absolute atomic E-state index is 0.104. The third-order valence-electron chi connectivity index (χ3n) is 2.48. The quantitative estimate of drug-likeness (QED) is 0.881. The zero-order valence-corrected chi connectivity index (χ0v) is 10.5. The van der Waals surface area contributed by atoms with Gasteiger partial charge in [-0.3, -0.25) is 9.59 Å². The molecule has 1 aliphatic rings. The maximum atomic E-state index is 12.1. The van der Waals surface area contributed by atoms with E-state index in [1.54, 1.807) is 24.3 Å². The molecule has 0 saturated carbocycles. The number of Topliss-reactive ketones (excluding diaryl/α,β-unsaturated/α-hetero) is 2. The van der Waals surface area contributed by atoms with Crippen LogP contribution in [0, 0.1) is 0 Å². The molecule has 0 spiro atoms. The van der Waals surface area contributed by atoms with Gasteiger partial charge in [-0.15, -0.1) is 0 Å². The van der Waals surface area contributed by atoms with Gasteiger partial charge in [0.25, 0.3) is 0 Å². The number of nitrogens with one attached hydrogen (secondary N) is 1. The first-order chi connectivity index (χ1) is 8.16. The minimum atomic E-state index is -0.236. The van der Waals surface area contributed by atoms with E-state index in [1.807, 2.05) is 0 Å². The molecule has 0 aromatic heterocycles. The highest BCUT2D eigenvalue weighted by atomic mass is 79.9. The molecule has 0 unspecified atom stereocenters. The van der Waals surface area contributed by atoms with Gasteiger partial charge in [0.05, 0.1) is 11.1 Å². The summed E-state index contributed by atoms with van der Waals surface area (Å²) in [6, 6.07) is 6.68. The smallest absolute Gasteiger partial charge is 0.210 e. The third-order valence-corrected chi connectivity index (χ3v) is 3.23. The Labute approximate surface area is 106 Å². The van der Waals surface area contributed by atoms with Gasteiger partial charge >= 0.3 is 0 Å². The van der Waals surface area contributed by atoms with E-state index in [4.69, 9.17) is 5.11 Å². The lowest BCUT2D eigenvalue weighted by molar-refractivity contribution is 0.0975. The molecule has 0 radical (unpaired) electrons. The Kier molecular flexibility index (Phi) is 3.40. The van der Waals surface area contributed by atoms with Crippen LogP contribution in [0.5, 0.6) is 0 Å². The summed E-state index contributed by atoms with van der Waals surface area (Å²) < 4.78 is 0.217. The van der Waals surface area contributed by atoms with Crippen molar-refractivity contribution in [3.05, 3.63) is 45.6 Å². The van der Waals surface area contributed by atoms with Crippen molar-refractivity contribution < 1.29 is 14.7 Å². The van der Waals surface area contributed by atoms with Crippen LogP contribution in [0.25, 0.3) is 0 Å². The van der Waals surface area contributed by atoms with Crippen molar-refractivity contribution >= 4 is 27.5 Å². The second-order valence-corrected chi connectivity index (χ2v) is 4.34. The standard InChI is InChI=1S/C12H10BrNO3/c13-9-10(14-5-6-15)12(17)8-4-2-1-3-7(8)11(9)16/h1-4,14-15H,5-6H2. The minimum Gasteiger partial charge on any atom is -0.395 e. The highest BCUT2D eigenvalue weighted by Crippen LogP contribution is 2.28. The largest absolute Gasteiger partial charge is 0.395 e. The van der Waals surface area contributed by atoms with Crippen LogP contribution in [0.4, 0.5) is 0 Å². The fourth-order valence-electron chi connectivity index (χ4n) is 1.68. The Bertz CT molecular complexity index is 522. The van der Waals surface area contributed by atoms with Crippen molar-refractivity contribution in [3.63, 3.8) is 0 Å². The molecule has 5 heteroatoms. The number of ketones is 2. The summed E-state index contributed by atoms with van der Waals surface area (Å²) >= 11 is 3.13. The van der Waals surface area contributed by atoms with Crippen LogP contribution in [-0.2, 0) is 0 Å². The normalized spacial score (nSPS) is 14.9. The van der Waals surface area contributed by atoms with E-state index in [9.17, 15) is 9.59 Å². The number of rotatable bonds is 3. The molecule has 0 heterocycles. The molecule has 0 fully saturated rings. The van der Waals surface area contributed by atoms with Crippen LogP contribution in [0.1, 0.15) is 20.7 Å². The highest BCUT2D eigenvalue weighted by Gasteiger charge is 2.30. The summed E-state index contributed by atoms with van der Waals surface area (Å²) in [6.45, 7) is 0.124. The molecule has 4 nitrogen and oxygen atoms in total. The van der Waals surface area contributed by atoms with Crippen LogP contribution in [0.2, 0.25) is 0 Å². The molecule has 1 aromatic carbocycles. The lowest BCUT2D eigenvalue weighted by Crippen LogP contribution is -2.30. The number of halogens is 1. The number of aliphatic hydroxyl groups is 1. The summed E-state index contributed by atoms with van der Waals surface area (Å²) in [6.07, 6.45) is 0. The lowest BCUT2D eigenvalue weighted by Gasteiger charge is -2.18. The first-order valence-electron chi connectivity index (χ1n) is 5.09. The molecule has 0 amide bonds. The van der Waals surface area contributed by atoms with E-state index in [0.29, 0.717) is 11.1 Å². The molecule has 0 aliphatic heterocycles. The number of carbonyl (C=O) groups excluding carboxylic acids is 2. The molecule has 88 valence electrons. The number of fused-ring (bicyclic) bond motifs is 1. The van der Waals surface area contributed by atoms with Crippen molar-refractivity contribution in [1.82, 2.24) is 5.32 Å². The van der Waals surface area contributed by atoms with Gasteiger partial charge in [-0.05, 0) is 15.9 Å². The Balaban J connectivity index is 2.47. The van der Waals surface area contributed by atoms with Gasteiger partial charge in [-0.2, -0.15) is 0 Å². The lowest BCUT2D eigenvalue weighted by atomic mass is 9.93. The summed E-state index contributed by atoms with van der Waals surface area (Å²) in [5.41, 5.74) is 1.00. The zero-order chi connectivity index (χ0) is 12.4. The van der Waals surface area contributed by atoms with Crippen LogP contribution in [0.3, 0.4) is 0 Å². The maximum Gasteiger partial charge on any atom is 0.210 e. The zero-order valence-electron chi connectivity index (χ0n) is 8.87. The topological polar surface area (TPSA) is 66.4 Å². The second kappa shape index (κ2) is 4.81. The Morgan fingerprint density at radius 2 is 1.71 bits per heavy atom. The van der Waals surface area contributed by atoms with E-state index in [-0.39, 0.29) is 34.9 Å². The van der Waals surface area contributed by atoms with Gasteiger partial charge in [0.2, 0.25) is 11.6 Å². The molecule has 1 aromatic rings. The van der Waals surface area contributed by atoms with Crippen molar-refractivity contribution in [3.8, 4) is 0 Å². The Morgan fingerprint density at radius 1 is 1.12 bits per heavy atom. The number of allylic oxidation sites excluding steroid dienone is 2. The molecular formula is C12H10BrNO3. The van der Waals surface area contributed by atoms with E-state index in [0.717, 1.165) is 0 Å². The molecule has 0 atom stereocenters. The third kappa shape index (κ3) is 2.03. The van der Waals surface area contributed by atoms with Crippen molar-refractivity contribution in [1.29, 1.82) is 0 Å². The first kappa shape index (κ1) is 12.0. The van der Waals surface area contributed by atoms with E-state index in [1.165, 1.54) is 0 Å². The van der Waals surface area contributed by atoms with Gasteiger partial charge in [-0.1, -0.05) is 24.3 Å². The van der Waals surface area contributed by atoms with Gasteiger partial charge in [0.1, 0.15) is 5.70 Å². The monoisotopic (exact) mass is 295 g/mol. The fourth-order valence-corrected chi connectivity index (χ4v) is 2.22. The van der Waals surface area contributed by atoms with Crippen molar-refractivity contribution in [2.45, 2.75) is 0 Å². The molecule has 2 rings (SSSR count). The predicted molar refractivity (Wildman–Crippen MR) is 66.1 cm³/mol. The Hall–Kier alpha value is -1.46. The average Bonchev–Trinajstić information content (AvgIpc) is 2.36. The van der Waals surface area contributed by atoms with Crippen molar-refractivity contribution in [2.24, 2.45) is 0 Å². The maximum absolute atomic E-state index is 12.1. The molecule has 1 aliphatic carbocycles. The van der Waals surface area contributed by atoms with E-state index < -0.39 is 0 Å². The number of carbonyl (C=O) groups is 2. The van der Waals surface area contributed by atoms with Crippen LogP contribution in [0.15, 0.2) is 34.4 Å². The van der Waals surface area contributed by atoms with Gasteiger partial charge in [0.15, 0.2) is 0 Å². The van der Waals surface area contributed by atoms with Gasteiger partial charge in [-0.25, -0.2) is 0 Å². The van der Waals surface area contributed by atoms with Crippen molar-refractivity contribution in [2.75, 3.05) is 13.2 Å². The summed E-state index contributed by atoms with van der Waals surface area (Å²) in [7, 11) is 0. The Morgan fingerprint density at radius 3 is 2.29 bits per heavy atom. The summed E-state index contributed by atoms with van der Waals surface area (Å²) in [5, 5.41) is 11.5. The predicted octanol–water partition coefficient (Wildman–Crippen LogP) is 1.25. The number of benzene rings is 1. The molecular weight excluding hydrogens is 286 g/mol. The SMILES string of the molecule is O=C1C(Br)=C(NCCO)C(=O)c2ccccc21. The van der Waals surface area contributed by atoms with Crippen LogP contribution >= 0.6 is 15.9 Å². The second-order valence-electron chi connectivity index (χ2n) is 3.54. The summed E-state index contributed by atoms with van der Waals surface area (Å²) in [5.74, 6) is -0.457. The van der Waals surface area contributed by atoms with E-state index >= 15 is 0 Å². The average molecular weight is 296 g/mol. The number of hydrogen-bond acceptors (Lipinski definition) is 4. The fraction of sp³-hybridized carbons (Fsp3) is 0.167. The van der Waals surface area contributed by atoms with E-state index in [2.05, 4.69) is 21.2 Å². The highest BCUT2D eigenvalue weighted by molar-refractivity contribution is 9.12.